The Morgan fingerprint density at radius 1 is 1.32 bits per heavy atom. The molecule has 1 saturated heterocycles. The number of aromatic nitrogens is 4. The van der Waals surface area contributed by atoms with Crippen LogP contribution in [0.4, 0.5) is 5.82 Å². The fraction of sp³-hybridized carbons (Fsp3) is 0.688. The molecule has 25 heavy (non-hydrogen) atoms. The van der Waals surface area contributed by atoms with Gasteiger partial charge in [-0.05, 0) is 25.7 Å². The number of aliphatic hydroxyl groups excluding tert-OH is 2. The van der Waals surface area contributed by atoms with E-state index in [0.29, 0.717) is 28.7 Å². The predicted octanol–water partition coefficient (Wildman–Crippen LogP) is 0.222. The maximum Gasteiger partial charge on any atom is 0.167 e. The molecule has 2 aromatic rings. The molecular formula is C16H23N5O4. The molecule has 4 atom stereocenters. The number of nitrogens with one attached hydrogen (secondary N) is 1. The Labute approximate surface area is 145 Å². The highest BCUT2D eigenvalue weighted by Gasteiger charge is 2.44. The van der Waals surface area contributed by atoms with E-state index in [0.717, 1.165) is 6.54 Å². The molecule has 3 N–H and O–H groups in total. The highest BCUT2D eigenvalue weighted by molar-refractivity contribution is 5.83. The number of rotatable bonds is 6. The number of aryl methyl sites for hydroxylation is 1. The van der Waals surface area contributed by atoms with Crippen molar-refractivity contribution in [1.29, 1.82) is 0 Å². The lowest BCUT2D eigenvalue weighted by molar-refractivity contribution is -0.0580. The molecule has 1 aliphatic heterocycles. The van der Waals surface area contributed by atoms with Gasteiger partial charge < -0.3 is 25.0 Å². The van der Waals surface area contributed by atoms with Crippen molar-refractivity contribution in [2.24, 2.45) is 5.92 Å². The van der Waals surface area contributed by atoms with Gasteiger partial charge >= 0.3 is 0 Å². The van der Waals surface area contributed by atoms with Crippen LogP contribution in [0.1, 0.15) is 24.9 Å². The van der Waals surface area contributed by atoms with Crippen LogP contribution < -0.4 is 5.32 Å². The average molecular weight is 349 g/mol. The van der Waals surface area contributed by atoms with Crippen molar-refractivity contribution < 1.29 is 19.7 Å². The Hall–Kier alpha value is -1.81. The minimum atomic E-state index is -1.09. The van der Waals surface area contributed by atoms with Crippen LogP contribution >= 0.6 is 0 Å². The van der Waals surface area contributed by atoms with E-state index in [-0.39, 0.29) is 6.61 Å². The van der Waals surface area contributed by atoms with Crippen LogP contribution in [0.2, 0.25) is 0 Å². The van der Waals surface area contributed by atoms with Crippen LogP contribution in [0.3, 0.4) is 0 Å². The summed E-state index contributed by atoms with van der Waals surface area (Å²) in [4.78, 5) is 13.3. The Morgan fingerprint density at radius 2 is 2.12 bits per heavy atom. The van der Waals surface area contributed by atoms with Gasteiger partial charge in [-0.1, -0.05) is 0 Å². The number of fused-ring (bicyclic) bond motifs is 1. The normalized spacial score (nSPS) is 29.4. The molecule has 136 valence electrons. The molecule has 9 nitrogen and oxygen atoms in total. The zero-order chi connectivity index (χ0) is 17.6. The Balaban J connectivity index is 1.66. The van der Waals surface area contributed by atoms with Crippen molar-refractivity contribution in [1.82, 2.24) is 19.5 Å². The molecule has 2 fully saturated rings. The van der Waals surface area contributed by atoms with Crippen molar-refractivity contribution >= 4 is 17.0 Å². The predicted molar refractivity (Wildman–Crippen MR) is 89.1 cm³/mol. The number of hydrogen-bond donors (Lipinski definition) is 3. The number of aliphatic hydroxyl groups is 2. The summed E-state index contributed by atoms with van der Waals surface area (Å²) in [5.74, 6) is 2.00. The van der Waals surface area contributed by atoms with Crippen LogP contribution in [0, 0.1) is 12.8 Å². The number of ether oxygens (including phenoxy) is 2. The lowest BCUT2D eigenvalue weighted by atomic mass is 10.1. The third-order valence-electron chi connectivity index (χ3n) is 4.73. The summed E-state index contributed by atoms with van der Waals surface area (Å²) in [6.07, 6.45) is 0.569. The van der Waals surface area contributed by atoms with Crippen molar-refractivity contribution in [3.63, 3.8) is 0 Å². The first kappa shape index (κ1) is 16.6. The second-order valence-electron chi connectivity index (χ2n) is 6.77. The molecular weight excluding hydrogens is 326 g/mol. The molecule has 2 aromatic heterocycles. The minimum absolute atomic E-state index is 0.198. The third-order valence-corrected chi connectivity index (χ3v) is 4.73. The Kier molecular flexibility index (Phi) is 4.32. The summed E-state index contributed by atoms with van der Waals surface area (Å²) in [5, 5.41) is 23.9. The highest BCUT2D eigenvalue weighted by atomic mass is 16.6. The van der Waals surface area contributed by atoms with Gasteiger partial charge in [0.2, 0.25) is 0 Å². The first-order chi connectivity index (χ1) is 12.1. The number of nitrogens with zero attached hydrogens (tertiary/aromatic N) is 4. The van der Waals surface area contributed by atoms with Crippen molar-refractivity contribution in [2.45, 2.75) is 44.3 Å². The van der Waals surface area contributed by atoms with Crippen molar-refractivity contribution in [3.05, 3.63) is 12.2 Å². The summed E-state index contributed by atoms with van der Waals surface area (Å²) < 4.78 is 12.5. The zero-order valence-corrected chi connectivity index (χ0v) is 14.3. The van der Waals surface area contributed by atoms with Gasteiger partial charge in [-0.25, -0.2) is 15.0 Å². The first-order valence-corrected chi connectivity index (χ1v) is 8.54. The van der Waals surface area contributed by atoms with Crippen LogP contribution in [0.5, 0.6) is 0 Å². The fourth-order valence-corrected chi connectivity index (χ4v) is 3.16. The molecule has 4 rings (SSSR count). The van der Waals surface area contributed by atoms with Gasteiger partial charge in [0.25, 0.3) is 0 Å². The summed E-state index contributed by atoms with van der Waals surface area (Å²) in [5.41, 5.74) is 1.20. The van der Waals surface area contributed by atoms with Crippen LogP contribution in [-0.4, -0.2) is 68.3 Å². The van der Waals surface area contributed by atoms with E-state index in [1.54, 1.807) is 10.9 Å². The number of hydrogen-bond acceptors (Lipinski definition) is 8. The lowest BCUT2D eigenvalue weighted by Gasteiger charge is -2.17. The van der Waals surface area contributed by atoms with E-state index < -0.39 is 24.5 Å². The van der Waals surface area contributed by atoms with E-state index in [2.05, 4.69) is 20.3 Å². The standard InChI is InChI=1S/C16H23N5O4/c1-8-19-14(17-5-9-3-4-9)11-15(20-8)21(7-18-11)16-13(23)12(22)10(25-16)6-24-2/h7,9-10,12-13,16,22-23H,3-6H2,1-2H3,(H,17,19,20)/t10-,12-,13-,16-/m1/s1. The second-order valence-corrected chi connectivity index (χ2v) is 6.77. The molecule has 0 amide bonds. The minimum Gasteiger partial charge on any atom is -0.387 e. The van der Waals surface area contributed by atoms with Crippen LogP contribution in [0.15, 0.2) is 6.33 Å². The first-order valence-electron chi connectivity index (χ1n) is 8.54. The SMILES string of the molecule is COC[C@H]1O[C@@H](n2cnc3c(NCC4CC4)nc(C)nc32)[C@H](O)[C@@H]1O. The average Bonchev–Trinajstić information content (AvgIpc) is 3.27. The summed E-state index contributed by atoms with van der Waals surface area (Å²) in [7, 11) is 1.52. The summed E-state index contributed by atoms with van der Waals surface area (Å²) in [6, 6.07) is 0. The summed E-state index contributed by atoms with van der Waals surface area (Å²) in [6.45, 7) is 2.88. The van der Waals surface area contributed by atoms with Crippen LogP contribution in [0.25, 0.3) is 11.2 Å². The molecule has 1 saturated carbocycles. The second kappa shape index (κ2) is 6.49. The van der Waals surface area contributed by atoms with E-state index in [4.69, 9.17) is 9.47 Å². The topological polar surface area (TPSA) is 115 Å². The van der Waals surface area contributed by atoms with Crippen molar-refractivity contribution in [2.75, 3.05) is 25.6 Å². The fourth-order valence-electron chi connectivity index (χ4n) is 3.16. The lowest BCUT2D eigenvalue weighted by Crippen LogP contribution is -2.33. The Morgan fingerprint density at radius 3 is 2.84 bits per heavy atom. The third kappa shape index (κ3) is 3.08. The molecule has 2 aliphatic rings. The number of anilines is 1. The maximum absolute atomic E-state index is 10.4. The highest BCUT2D eigenvalue weighted by Crippen LogP contribution is 2.33. The quantitative estimate of drug-likeness (QED) is 0.679. The molecule has 0 spiro atoms. The van der Waals surface area contributed by atoms with E-state index in [1.165, 1.54) is 20.0 Å². The molecule has 3 heterocycles. The van der Waals surface area contributed by atoms with Gasteiger partial charge in [-0.3, -0.25) is 4.57 Å². The Bertz CT molecular complexity index is 762. The molecule has 9 heteroatoms. The largest absolute Gasteiger partial charge is 0.387 e. The van der Waals surface area contributed by atoms with Crippen LogP contribution in [-0.2, 0) is 9.47 Å². The number of methoxy groups -OCH3 is 1. The van der Waals surface area contributed by atoms with Crippen molar-refractivity contribution in [3.8, 4) is 0 Å². The van der Waals surface area contributed by atoms with E-state index >= 15 is 0 Å². The molecule has 0 bridgehead atoms. The van der Waals surface area contributed by atoms with E-state index in [9.17, 15) is 10.2 Å². The van der Waals surface area contributed by atoms with Gasteiger partial charge in [0.1, 0.15) is 24.1 Å². The van der Waals surface area contributed by atoms with Gasteiger partial charge in [0.15, 0.2) is 23.2 Å². The summed E-state index contributed by atoms with van der Waals surface area (Å²) >= 11 is 0. The van der Waals surface area contributed by atoms with Gasteiger partial charge in [-0.15, -0.1) is 0 Å². The zero-order valence-electron chi connectivity index (χ0n) is 14.3. The molecule has 0 aromatic carbocycles. The van der Waals surface area contributed by atoms with E-state index in [1.807, 2.05) is 6.92 Å². The maximum atomic E-state index is 10.4. The number of imidazole rings is 1. The molecule has 1 aliphatic carbocycles. The smallest absolute Gasteiger partial charge is 0.167 e. The van der Waals surface area contributed by atoms with Gasteiger partial charge in [-0.2, -0.15) is 0 Å². The van der Waals surface area contributed by atoms with Gasteiger partial charge in [0, 0.05) is 13.7 Å². The van der Waals surface area contributed by atoms with Gasteiger partial charge in [0.05, 0.1) is 12.9 Å². The monoisotopic (exact) mass is 349 g/mol. The molecule has 0 radical (unpaired) electrons. The molecule has 0 unspecified atom stereocenters.